The molecule has 1 aromatic rings. The second kappa shape index (κ2) is 7.66. The highest BCUT2D eigenvalue weighted by Crippen LogP contribution is 2.35. The van der Waals surface area contributed by atoms with Gasteiger partial charge in [-0.2, -0.15) is 0 Å². The quantitative estimate of drug-likeness (QED) is 0.557. The maximum absolute atomic E-state index is 12.3. The van der Waals surface area contributed by atoms with E-state index in [0.29, 0.717) is 18.2 Å². The van der Waals surface area contributed by atoms with Gasteiger partial charge in [-0.05, 0) is 24.8 Å². The topological polar surface area (TPSA) is 128 Å². The van der Waals surface area contributed by atoms with E-state index in [-0.39, 0.29) is 48.9 Å². The van der Waals surface area contributed by atoms with Crippen LogP contribution in [-0.4, -0.2) is 42.5 Å². The average Bonchev–Trinajstić information content (AvgIpc) is 3.39. The van der Waals surface area contributed by atoms with Gasteiger partial charge in [0.25, 0.3) is 11.6 Å². The van der Waals surface area contributed by atoms with E-state index in [2.05, 4.69) is 5.32 Å². The molecular weight excluding hydrogens is 352 g/mol. The Morgan fingerprint density at radius 3 is 2.80 bits per heavy atom. The summed E-state index contributed by atoms with van der Waals surface area (Å²) in [6.45, 7) is -0.0872. The lowest BCUT2D eigenvalue weighted by Gasteiger charge is -2.29. The second-order valence-electron chi connectivity index (χ2n) is 5.92. The molecule has 0 radical (unpaired) electrons. The molecule has 10 heteroatoms. The number of nitro groups is 1. The molecule has 9 nitrogen and oxygen atoms in total. The standard InChI is InChI=1S/C15H18N4O5.ClH/c16-6-11(9-1-2-9)17-14(20)7-18-12-5-10(19(22)23)3-4-13(12)24-8-15(18)21;/h3-5,9,11H,1-2,6-8,16H2,(H,17,20);1H. The Morgan fingerprint density at radius 2 is 2.20 bits per heavy atom. The molecule has 0 aromatic heterocycles. The maximum Gasteiger partial charge on any atom is 0.271 e. The van der Waals surface area contributed by atoms with Crippen LogP contribution in [0.1, 0.15) is 12.8 Å². The maximum atomic E-state index is 12.3. The summed E-state index contributed by atoms with van der Waals surface area (Å²) in [5, 5.41) is 13.8. The highest BCUT2D eigenvalue weighted by molar-refractivity contribution is 6.02. The molecule has 2 aliphatic rings. The molecule has 2 amide bonds. The largest absolute Gasteiger partial charge is 0.482 e. The van der Waals surface area contributed by atoms with Crippen molar-refractivity contribution < 1.29 is 19.2 Å². The van der Waals surface area contributed by atoms with Crippen LogP contribution in [-0.2, 0) is 9.59 Å². The molecule has 1 saturated carbocycles. The molecule has 25 heavy (non-hydrogen) atoms. The number of amides is 2. The van der Waals surface area contributed by atoms with Crippen molar-refractivity contribution in [1.29, 1.82) is 0 Å². The van der Waals surface area contributed by atoms with Crippen LogP contribution in [0.5, 0.6) is 5.75 Å². The number of halogens is 1. The van der Waals surface area contributed by atoms with Crippen molar-refractivity contribution in [3.8, 4) is 5.75 Å². The van der Waals surface area contributed by atoms with Crippen molar-refractivity contribution in [3.05, 3.63) is 28.3 Å². The number of fused-ring (bicyclic) bond motifs is 1. The summed E-state index contributed by atoms with van der Waals surface area (Å²) in [6.07, 6.45) is 2.07. The number of anilines is 1. The summed E-state index contributed by atoms with van der Waals surface area (Å²) in [6, 6.07) is 3.86. The van der Waals surface area contributed by atoms with Crippen LogP contribution < -0.4 is 20.7 Å². The number of carbonyl (C=O) groups is 2. The zero-order chi connectivity index (χ0) is 17.3. The van der Waals surface area contributed by atoms with Gasteiger partial charge in [-0.3, -0.25) is 24.6 Å². The highest BCUT2D eigenvalue weighted by atomic mass is 35.5. The molecule has 1 unspecified atom stereocenters. The molecular formula is C15H19ClN4O5. The van der Waals surface area contributed by atoms with Crippen LogP contribution in [0.4, 0.5) is 11.4 Å². The summed E-state index contributed by atoms with van der Waals surface area (Å²) in [4.78, 5) is 35.9. The van der Waals surface area contributed by atoms with Crippen LogP contribution in [0, 0.1) is 16.0 Å². The van der Waals surface area contributed by atoms with Crippen LogP contribution in [0.25, 0.3) is 0 Å². The average molecular weight is 371 g/mol. The second-order valence-corrected chi connectivity index (χ2v) is 5.92. The third-order valence-corrected chi connectivity index (χ3v) is 4.19. The Hall–Kier alpha value is -2.39. The normalized spacial score (nSPS) is 17.0. The van der Waals surface area contributed by atoms with Gasteiger partial charge in [-0.1, -0.05) is 0 Å². The molecule has 1 aliphatic heterocycles. The number of non-ortho nitro benzene ring substituents is 1. The summed E-state index contributed by atoms with van der Waals surface area (Å²) < 4.78 is 5.27. The monoisotopic (exact) mass is 370 g/mol. The lowest BCUT2D eigenvalue weighted by molar-refractivity contribution is -0.384. The Morgan fingerprint density at radius 1 is 1.48 bits per heavy atom. The lowest BCUT2D eigenvalue weighted by Crippen LogP contribution is -2.49. The minimum atomic E-state index is -0.560. The van der Waals surface area contributed by atoms with Crippen molar-refractivity contribution in [1.82, 2.24) is 5.32 Å². The van der Waals surface area contributed by atoms with Gasteiger partial charge in [0.1, 0.15) is 12.3 Å². The van der Waals surface area contributed by atoms with Gasteiger partial charge in [-0.25, -0.2) is 0 Å². The Kier molecular flexibility index (Phi) is 5.81. The Labute approximate surface area is 150 Å². The minimum absolute atomic E-state index is 0. The smallest absolute Gasteiger partial charge is 0.271 e. The van der Waals surface area contributed by atoms with Crippen molar-refractivity contribution >= 4 is 35.6 Å². The van der Waals surface area contributed by atoms with E-state index in [9.17, 15) is 19.7 Å². The molecule has 3 rings (SSSR count). The number of ether oxygens (including phenoxy) is 1. The van der Waals surface area contributed by atoms with Crippen molar-refractivity contribution in [2.45, 2.75) is 18.9 Å². The summed E-state index contributed by atoms with van der Waals surface area (Å²) in [5.74, 6) is -0.0304. The number of hydrogen-bond acceptors (Lipinski definition) is 6. The number of nitrogens with two attached hydrogens (primary N) is 1. The summed E-state index contributed by atoms with van der Waals surface area (Å²) >= 11 is 0. The first-order valence-corrected chi connectivity index (χ1v) is 7.70. The van der Waals surface area contributed by atoms with Crippen LogP contribution in [0.2, 0.25) is 0 Å². The minimum Gasteiger partial charge on any atom is -0.482 e. The van der Waals surface area contributed by atoms with E-state index >= 15 is 0 Å². The SMILES string of the molecule is Cl.NCC(NC(=O)CN1C(=O)COc2ccc([N+](=O)[O-])cc21)C1CC1. The van der Waals surface area contributed by atoms with Crippen molar-refractivity contribution in [2.24, 2.45) is 11.7 Å². The number of nitrogens with zero attached hydrogens (tertiary/aromatic N) is 2. The van der Waals surface area contributed by atoms with Gasteiger partial charge in [-0.15, -0.1) is 12.4 Å². The fourth-order valence-corrected chi connectivity index (χ4v) is 2.74. The molecule has 3 N–H and O–H groups in total. The summed E-state index contributed by atoms with van der Waals surface area (Å²) in [5.41, 5.74) is 5.72. The molecule has 1 fully saturated rings. The van der Waals surface area contributed by atoms with Gasteiger partial charge in [0.2, 0.25) is 5.91 Å². The molecule has 0 bridgehead atoms. The highest BCUT2D eigenvalue weighted by Gasteiger charge is 2.33. The number of carbonyl (C=O) groups excluding carboxylic acids is 2. The van der Waals surface area contributed by atoms with Gasteiger partial charge >= 0.3 is 0 Å². The Balaban J connectivity index is 0.00000225. The predicted octanol–water partition coefficient (Wildman–Crippen LogP) is 0.596. The van der Waals surface area contributed by atoms with Crippen LogP contribution in [0.15, 0.2) is 18.2 Å². The molecule has 1 aromatic carbocycles. The van der Waals surface area contributed by atoms with Gasteiger partial charge in [0.15, 0.2) is 6.61 Å². The van der Waals surface area contributed by atoms with Gasteiger partial charge < -0.3 is 15.8 Å². The Bertz CT molecular complexity index is 694. The first kappa shape index (κ1) is 18.9. The molecule has 1 aliphatic carbocycles. The van der Waals surface area contributed by atoms with Crippen LogP contribution >= 0.6 is 12.4 Å². The van der Waals surface area contributed by atoms with E-state index in [1.165, 1.54) is 23.1 Å². The van der Waals surface area contributed by atoms with E-state index in [1.54, 1.807) is 0 Å². The van der Waals surface area contributed by atoms with E-state index in [0.717, 1.165) is 12.8 Å². The third kappa shape index (κ3) is 4.18. The molecule has 1 atom stereocenters. The van der Waals surface area contributed by atoms with Crippen LogP contribution in [0.3, 0.4) is 0 Å². The van der Waals surface area contributed by atoms with E-state index < -0.39 is 10.8 Å². The molecule has 0 saturated heterocycles. The molecule has 136 valence electrons. The van der Waals surface area contributed by atoms with E-state index in [1.807, 2.05) is 0 Å². The number of hydrogen-bond donors (Lipinski definition) is 2. The molecule has 1 heterocycles. The summed E-state index contributed by atoms with van der Waals surface area (Å²) in [7, 11) is 0. The zero-order valence-electron chi connectivity index (χ0n) is 13.3. The fourth-order valence-electron chi connectivity index (χ4n) is 2.74. The van der Waals surface area contributed by atoms with Crippen molar-refractivity contribution in [3.63, 3.8) is 0 Å². The van der Waals surface area contributed by atoms with E-state index in [4.69, 9.17) is 10.5 Å². The molecule has 0 spiro atoms. The number of rotatable bonds is 6. The fraction of sp³-hybridized carbons (Fsp3) is 0.467. The van der Waals surface area contributed by atoms with Gasteiger partial charge in [0, 0.05) is 24.7 Å². The first-order chi connectivity index (χ1) is 11.5. The lowest BCUT2D eigenvalue weighted by atomic mass is 10.2. The number of nitro benzene ring substituents is 1. The van der Waals surface area contributed by atoms with Gasteiger partial charge in [0.05, 0.1) is 10.6 Å². The zero-order valence-corrected chi connectivity index (χ0v) is 14.2. The predicted molar refractivity (Wildman–Crippen MR) is 91.9 cm³/mol. The van der Waals surface area contributed by atoms with Crippen molar-refractivity contribution in [2.75, 3.05) is 24.6 Å². The number of benzene rings is 1. The number of nitrogens with one attached hydrogen (secondary N) is 1. The third-order valence-electron chi connectivity index (χ3n) is 4.19. The first-order valence-electron chi connectivity index (χ1n) is 7.70.